The standard InChI is InChI=1S/C25H25Cl2NO4/c1-2-32-20-7-3-5-18(15-20)10-13-23-21(26)16-22(27)24(29)28(23)14-4-6-17-8-11-19(12-9-17)25(30)31/h3,5,7-9,11-12,15-16H,2,4,6,10,13-14H2,1H3,(H,30,31). The highest BCUT2D eigenvalue weighted by atomic mass is 35.5. The van der Waals surface area contributed by atoms with Gasteiger partial charge in [-0.15, -0.1) is 0 Å². The monoisotopic (exact) mass is 473 g/mol. The lowest BCUT2D eigenvalue weighted by molar-refractivity contribution is 0.0697. The second-order valence-corrected chi connectivity index (χ2v) is 8.24. The summed E-state index contributed by atoms with van der Waals surface area (Å²) in [5.74, 6) is -0.133. The summed E-state index contributed by atoms with van der Waals surface area (Å²) in [7, 11) is 0. The third-order valence-corrected chi connectivity index (χ3v) is 5.81. The lowest BCUT2D eigenvalue weighted by atomic mass is 10.1. The van der Waals surface area contributed by atoms with Crippen LogP contribution in [0.1, 0.15) is 40.5 Å². The molecule has 0 unspecified atom stereocenters. The smallest absolute Gasteiger partial charge is 0.335 e. The Morgan fingerprint density at radius 2 is 1.72 bits per heavy atom. The van der Waals surface area contributed by atoms with E-state index in [4.69, 9.17) is 33.0 Å². The lowest BCUT2D eigenvalue weighted by Crippen LogP contribution is -2.25. The summed E-state index contributed by atoms with van der Waals surface area (Å²) in [5.41, 5.74) is 2.85. The molecular formula is C25H25Cl2NO4. The third-order valence-electron chi connectivity index (χ3n) is 5.21. The van der Waals surface area contributed by atoms with E-state index in [9.17, 15) is 9.59 Å². The Hall–Kier alpha value is -2.76. The van der Waals surface area contributed by atoms with Gasteiger partial charge in [0.2, 0.25) is 0 Å². The Balaban J connectivity index is 1.73. The van der Waals surface area contributed by atoms with Gasteiger partial charge >= 0.3 is 5.97 Å². The molecule has 0 fully saturated rings. The van der Waals surface area contributed by atoms with E-state index in [1.54, 1.807) is 28.8 Å². The molecule has 3 rings (SSSR count). The van der Waals surface area contributed by atoms with Crippen LogP contribution in [0.4, 0.5) is 0 Å². The highest BCUT2D eigenvalue weighted by Gasteiger charge is 2.13. The van der Waals surface area contributed by atoms with Crippen molar-refractivity contribution in [3.05, 3.63) is 97.4 Å². The average molecular weight is 474 g/mol. The molecule has 0 aliphatic heterocycles. The maximum absolute atomic E-state index is 12.7. The molecule has 7 heteroatoms. The fraction of sp³-hybridized carbons (Fsp3) is 0.280. The minimum absolute atomic E-state index is 0.0999. The zero-order valence-corrected chi connectivity index (χ0v) is 19.3. The Morgan fingerprint density at radius 1 is 0.969 bits per heavy atom. The summed E-state index contributed by atoms with van der Waals surface area (Å²) in [6.07, 6.45) is 2.69. The van der Waals surface area contributed by atoms with Gasteiger partial charge in [0, 0.05) is 12.2 Å². The van der Waals surface area contributed by atoms with Crippen LogP contribution in [-0.2, 0) is 25.8 Å². The molecule has 0 saturated heterocycles. The fourth-order valence-corrected chi connectivity index (χ4v) is 4.18. The predicted molar refractivity (Wildman–Crippen MR) is 127 cm³/mol. The van der Waals surface area contributed by atoms with Gasteiger partial charge < -0.3 is 14.4 Å². The molecule has 1 N–H and O–H groups in total. The molecule has 0 radical (unpaired) electrons. The first-order chi connectivity index (χ1) is 15.4. The number of pyridine rings is 1. The summed E-state index contributed by atoms with van der Waals surface area (Å²) in [4.78, 5) is 23.7. The van der Waals surface area contributed by atoms with Crippen molar-refractivity contribution in [1.29, 1.82) is 0 Å². The Labute approximate surface area is 197 Å². The van der Waals surface area contributed by atoms with E-state index in [2.05, 4.69) is 0 Å². The number of aromatic nitrogens is 1. The second kappa shape index (κ2) is 11.2. The van der Waals surface area contributed by atoms with Gasteiger partial charge in [0.1, 0.15) is 10.8 Å². The molecule has 1 heterocycles. The minimum atomic E-state index is -0.951. The van der Waals surface area contributed by atoms with Gasteiger partial charge in [-0.1, -0.05) is 47.5 Å². The van der Waals surface area contributed by atoms with Gasteiger partial charge in [-0.25, -0.2) is 4.79 Å². The van der Waals surface area contributed by atoms with Crippen molar-refractivity contribution in [2.24, 2.45) is 0 Å². The lowest BCUT2D eigenvalue weighted by Gasteiger charge is -2.16. The van der Waals surface area contributed by atoms with Crippen molar-refractivity contribution in [2.75, 3.05) is 6.61 Å². The van der Waals surface area contributed by atoms with Gasteiger partial charge in [-0.2, -0.15) is 0 Å². The molecule has 0 spiro atoms. The van der Waals surface area contributed by atoms with E-state index in [1.165, 1.54) is 6.07 Å². The molecule has 0 amide bonds. The van der Waals surface area contributed by atoms with Crippen LogP contribution in [0.5, 0.6) is 5.75 Å². The van der Waals surface area contributed by atoms with Crippen LogP contribution in [0.25, 0.3) is 0 Å². The first-order valence-corrected chi connectivity index (χ1v) is 11.3. The van der Waals surface area contributed by atoms with Crippen LogP contribution in [0, 0.1) is 0 Å². The van der Waals surface area contributed by atoms with E-state index in [-0.39, 0.29) is 16.1 Å². The Kier molecular flexibility index (Phi) is 8.37. The SMILES string of the molecule is CCOc1cccc(CCc2c(Cl)cc(Cl)c(=O)n2CCCc2ccc(C(=O)O)cc2)c1. The number of halogens is 2. The number of hydrogen-bond donors (Lipinski definition) is 1. The number of benzene rings is 2. The van der Waals surface area contributed by atoms with Crippen LogP contribution in [0.3, 0.4) is 0 Å². The Bertz CT molecular complexity index is 1140. The molecular weight excluding hydrogens is 449 g/mol. The first-order valence-electron chi connectivity index (χ1n) is 10.5. The van der Waals surface area contributed by atoms with E-state index >= 15 is 0 Å². The van der Waals surface area contributed by atoms with Crippen molar-refractivity contribution >= 4 is 29.2 Å². The topological polar surface area (TPSA) is 68.5 Å². The van der Waals surface area contributed by atoms with Crippen LogP contribution in [-0.4, -0.2) is 22.2 Å². The van der Waals surface area contributed by atoms with Crippen LogP contribution in [0.2, 0.25) is 10.0 Å². The maximum atomic E-state index is 12.7. The maximum Gasteiger partial charge on any atom is 0.335 e. The van der Waals surface area contributed by atoms with Crippen LogP contribution in [0.15, 0.2) is 59.4 Å². The zero-order chi connectivity index (χ0) is 23.1. The number of aromatic carboxylic acids is 1. The van der Waals surface area contributed by atoms with Crippen molar-refractivity contribution in [1.82, 2.24) is 4.57 Å². The molecule has 0 saturated carbocycles. The van der Waals surface area contributed by atoms with Gasteiger partial charge in [0.05, 0.1) is 17.2 Å². The third kappa shape index (κ3) is 6.15. The van der Waals surface area contributed by atoms with Gasteiger partial charge in [-0.3, -0.25) is 4.79 Å². The fourth-order valence-electron chi connectivity index (χ4n) is 3.60. The van der Waals surface area contributed by atoms with E-state index in [0.29, 0.717) is 43.9 Å². The Morgan fingerprint density at radius 3 is 2.41 bits per heavy atom. The van der Waals surface area contributed by atoms with E-state index < -0.39 is 5.97 Å². The van der Waals surface area contributed by atoms with Crippen LogP contribution < -0.4 is 10.3 Å². The molecule has 2 aromatic carbocycles. The summed E-state index contributed by atoms with van der Waals surface area (Å²) in [6.45, 7) is 3.01. The number of aryl methyl sites for hydroxylation is 2. The normalized spacial score (nSPS) is 10.8. The highest BCUT2D eigenvalue weighted by molar-refractivity contribution is 6.34. The van der Waals surface area contributed by atoms with E-state index in [1.807, 2.05) is 31.2 Å². The highest BCUT2D eigenvalue weighted by Crippen LogP contribution is 2.22. The summed E-state index contributed by atoms with van der Waals surface area (Å²) in [5, 5.41) is 9.59. The number of carboxylic acid groups (broad SMARTS) is 1. The molecule has 0 aliphatic rings. The molecule has 0 bridgehead atoms. The van der Waals surface area contributed by atoms with Crippen LogP contribution >= 0.6 is 23.2 Å². The van der Waals surface area contributed by atoms with Crippen molar-refractivity contribution in [3.8, 4) is 5.75 Å². The number of rotatable bonds is 10. The molecule has 168 valence electrons. The van der Waals surface area contributed by atoms with Gasteiger partial charge in [0.25, 0.3) is 5.56 Å². The summed E-state index contributed by atoms with van der Waals surface area (Å²) < 4.78 is 7.22. The molecule has 3 aromatic rings. The van der Waals surface area contributed by atoms with Gasteiger partial charge in [-0.05, 0) is 74.1 Å². The van der Waals surface area contributed by atoms with E-state index in [0.717, 1.165) is 22.6 Å². The molecule has 0 aliphatic carbocycles. The number of ether oxygens (including phenoxy) is 1. The number of carboxylic acids is 1. The number of nitrogens with zero attached hydrogens (tertiary/aromatic N) is 1. The molecule has 32 heavy (non-hydrogen) atoms. The average Bonchev–Trinajstić information content (AvgIpc) is 2.77. The zero-order valence-electron chi connectivity index (χ0n) is 17.8. The summed E-state index contributed by atoms with van der Waals surface area (Å²) >= 11 is 12.6. The quantitative estimate of drug-likeness (QED) is 0.411. The largest absolute Gasteiger partial charge is 0.494 e. The number of carbonyl (C=O) groups is 1. The van der Waals surface area contributed by atoms with Crippen molar-refractivity contribution in [2.45, 2.75) is 39.2 Å². The number of hydrogen-bond acceptors (Lipinski definition) is 3. The van der Waals surface area contributed by atoms with Gasteiger partial charge in [0.15, 0.2) is 0 Å². The second-order valence-electron chi connectivity index (χ2n) is 7.43. The van der Waals surface area contributed by atoms with Crippen molar-refractivity contribution < 1.29 is 14.6 Å². The summed E-state index contributed by atoms with van der Waals surface area (Å²) in [6, 6.07) is 16.2. The molecule has 5 nitrogen and oxygen atoms in total. The first kappa shape index (κ1) is 23.9. The molecule has 0 atom stereocenters. The minimum Gasteiger partial charge on any atom is -0.494 e. The van der Waals surface area contributed by atoms with Crippen molar-refractivity contribution in [3.63, 3.8) is 0 Å². The predicted octanol–water partition coefficient (Wildman–Crippen LogP) is 5.67. The molecule has 1 aromatic heterocycles.